The van der Waals surface area contributed by atoms with Gasteiger partial charge in [-0.3, -0.25) is 0 Å². The molecule has 1 aromatic rings. The van der Waals surface area contributed by atoms with E-state index in [1.54, 1.807) is 14.0 Å². The predicted molar refractivity (Wildman–Crippen MR) is 55.0 cm³/mol. The van der Waals surface area contributed by atoms with E-state index in [1.165, 1.54) is 0 Å². The van der Waals surface area contributed by atoms with E-state index in [4.69, 9.17) is 25.6 Å². The molecule has 86 valence electrons. The summed E-state index contributed by atoms with van der Waals surface area (Å²) in [5.41, 5.74) is 0. The van der Waals surface area contributed by atoms with E-state index in [-0.39, 0.29) is 5.38 Å². The van der Waals surface area contributed by atoms with Crippen LogP contribution in [0.1, 0.15) is 24.0 Å². The van der Waals surface area contributed by atoms with Crippen LogP contribution in [-0.4, -0.2) is 37.1 Å². The van der Waals surface area contributed by atoms with Crippen molar-refractivity contribution in [2.24, 2.45) is 0 Å². The fraction of sp³-hybridized carbons (Fsp3) is 0.778. The number of ether oxygens (including phenoxy) is 2. The first-order valence-corrected chi connectivity index (χ1v) is 5.21. The molecule has 0 N–H and O–H groups in total. The van der Waals surface area contributed by atoms with Gasteiger partial charge in [-0.15, -0.1) is 11.6 Å². The normalized spacial score (nSPS) is 13.0. The van der Waals surface area contributed by atoms with E-state index in [2.05, 4.69) is 10.1 Å². The Bertz CT molecular complexity index is 278. The molecule has 0 aromatic carbocycles. The molecule has 0 spiro atoms. The molecule has 0 aliphatic heterocycles. The van der Waals surface area contributed by atoms with Gasteiger partial charge in [-0.1, -0.05) is 5.16 Å². The van der Waals surface area contributed by atoms with Crippen LogP contribution in [0.4, 0.5) is 0 Å². The minimum absolute atomic E-state index is 0.249. The molecule has 1 unspecified atom stereocenters. The standard InChI is InChI=1S/C9H15ClN2O3/c1-7(10)9-11-8(12-15-9)3-4-14-6-5-13-2/h7H,3-6H2,1-2H3. The zero-order valence-electron chi connectivity index (χ0n) is 8.90. The summed E-state index contributed by atoms with van der Waals surface area (Å²) < 4.78 is 15.0. The Morgan fingerprint density at radius 3 is 2.80 bits per heavy atom. The van der Waals surface area contributed by atoms with Crippen molar-refractivity contribution in [1.82, 2.24) is 10.1 Å². The Hall–Kier alpha value is -0.650. The summed E-state index contributed by atoms with van der Waals surface area (Å²) in [7, 11) is 1.64. The second-order valence-corrected chi connectivity index (χ2v) is 3.67. The number of alkyl halides is 1. The lowest BCUT2D eigenvalue weighted by atomic mass is 10.4. The van der Waals surface area contributed by atoms with E-state index in [9.17, 15) is 0 Å². The van der Waals surface area contributed by atoms with Crippen LogP contribution in [0.25, 0.3) is 0 Å². The highest BCUT2D eigenvalue weighted by atomic mass is 35.5. The quantitative estimate of drug-likeness (QED) is 0.530. The van der Waals surface area contributed by atoms with E-state index in [0.29, 0.717) is 38.0 Å². The first-order chi connectivity index (χ1) is 7.24. The second kappa shape index (κ2) is 6.76. The lowest BCUT2D eigenvalue weighted by molar-refractivity contribution is 0.0714. The molecule has 0 fully saturated rings. The van der Waals surface area contributed by atoms with E-state index in [0.717, 1.165) is 0 Å². The van der Waals surface area contributed by atoms with Crippen LogP contribution in [0.15, 0.2) is 4.52 Å². The molecule has 1 aromatic heterocycles. The van der Waals surface area contributed by atoms with Crippen LogP contribution in [-0.2, 0) is 15.9 Å². The first kappa shape index (κ1) is 12.4. The highest BCUT2D eigenvalue weighted by Gasteiger charge is 2.10. The number of methoxy groups -OCH3 is 1. The minimum Gasteiger partial charge on any atom is -0.382 e. The van der Waals surface area contributed by atoms with Crippen molar-refractivity contribution >= 4 is 11.6 Å². The molecule has 6 heteroatoms. The summed E-state index contributed by atoms with van der Waals surface area (Å²) in [5, 5.41) is 3.52. The molecule has 0 bridgehead atoms. The second-order valence-electron chi connectivity index (χ2n) is 3.02. The third-order valence-electron chi connectivity index (χ3n) is 1.73. The van der Waals surface area contributed by atoms with Crippen LogP contribution >= 0.6 is 11.6 Å². The Morgan fingerprint density at radius 1 is 1.40 bits per heavy atom. The fourth-order valence-electron chi connectivity index (χ4n) is 0.938. The zero-order chi connectivity index (χ0) is 11.1. The first-order valence-electron chi connectivity index (χ1n) is 4.77. The number of nitrogens with zero attached hydrogens (tertiary/aromatic N) is 2. The lowest BCUT2D eigenvalue weighted by Crippen LogP contribution is -2.05. The van der Waals surface area contributed by atoms with Gasteiger partial charge in [0.25, 0.3) is 0 Å². The number of rotatable bonds is 7. The van der Waals surface area contributed by atoms with Crippen molar-refractivity contribution in [3.63, 3.8) is 0 Å². The fourth-order valence-corrected chi connectivity index (χ4v) is 1.03. The Kier molecular flexibility index (Phi) is 5.60. The molecular weight excluding hydrogens is 220 g/mol. The van der Waals surface area contributed by atoms with Gasteiger partial charge in [0.05, 0.1) is 19.8 Å². The molecule has 0 radical (unpaired) electrons. The van der Waals surface area contributed by atoms with Crippen molar-refractivity contribution in [3.8, 4) is 0 Å². The van der Waals surface area contributed by atoms with Gasteiger partial charge in [0.1, 0.15) is 5.38 Å². The molecule has 5 nitrogen and oxygen atoms in total. The predicted octanol–water partition coefficient (Wildman–Crippen LogP) is 1.57. The van der Waals surface area contributed by atoms with Crippen molar-refractivity contribution in [1.29, 1.82) is 0 Å². The topological polar surface area (TPSA) is 57.4 Å². The van der Waals surface area contributed by atoms with Crippen molar-refractivity contribution < 1.29 is 14.0 Å². The monoisotopic (exact) mass is 234 g/mol. The maximum Gasteiger partial charge on any atom is 0.244 e. The Morgan fingerprint density at radius 2 is 2.20 bits per heavy atom. The van der Waals surface area contributed by atoms with Gasteiger partial charge in [0, 0.05) is 13.5 Å². The minimum atomic E-state index is -0.249. The number of aromatic nitrogens is 2. The van der Waals surface area contributed by atoms with Gasteiger partial charge in [-0.2, -0.15) is 4.98 Å². The summed E-state index contributed by atoms with van der Waals surface area (Å²) >= 11 is 5.78. The molecule has 0 amide bonds. The molecule has 0 aliphatic rings. The summed E-state index contributed by atoms with van der Waals surface area (Å²) in [6.07, 6.45) is 0.622. The van der Waals surface area contributed by atoms with Gasteiger partial charge in [-0.05, 0) is 6.92 Å². The molecule has 0 saturated carbocycles. The third-order valence-corrected chi connectivity index (χ3v) is 1.91. The molecular formula is C9H15ClN2O3. The third kappa shape index (κ3) is 4.59. The van der Waals surface area contributed by atoms with Gasteiger partial charge < -0.3 is 14.0 Å². The SMILES string of the molecule is COCCOCCc1noc(C(C)Cl)n1. The van der Waals surface area contributed by atoms with Crippen LogP contribution in [0.3, 0.4) is 0 Å². The van der Waals surface area contributed by atoms with E-state index >= 15 is 0 Å². The molecule has 1 rings (SSSR count). The maximum atomic E-state index is 5.78. The Labute approximate surface area is 93.7 Å². The van der Waals surface area contributed by atoms with E-state index < -0.39 is 0 Å². The van der Waals surface area contributed by atoms with Crippen molar-refractivity contribution in [2.45, 2.75) is 18.7 Å². The lowest BCUT2D eigenvalue weighted by Gasteiger charge is -2.00. The molecule has 0 saturated heterocycles. The van der Waals surface area contributed by atoms with Crippen LogP contribution < -0.4 is 0 Å². The zero-order valence-corrected chi connectivity index (χ0v) is 9.66. The maximum absolute atomic E-state index is 5.78. The number of hydrogen-bond acceptors (Lipinski definition) is 5. The molecule has 1 atom stereocenters. The van der Waals surface area contributed by atoms with Crippen molar-refractivity contribution in [2.75, 3.05) is 26.9 Å². The van der Waals surface area contributed by atoms with E-state index in [1.807, 2.05) is 0 Å². The summed E-state index contributed by atoms with van der Waals surface area (Å²) in [6, 6.07) is 0. The molecule has 15 heavy (non-hydrogen) atoms. The van der Waals surface area contributed by atoms with Gasteiger partial charge in [0.15, 0.2) is 5.82 Å². The Balaban J connectivity index is 2.20. The highest BCUT2D eigenvalue weighted by molar-refractivity contribution is 6.20. The number of hydrogen-bond donors (Lipinski definition) is 0. The average Bonchev–Trinajstić information content (AvgIpc) is 2.66. The molecule has 1 heterocycles. The smallest absolute Gasteiger partial charge is 0.244 e. The van der Waals surface area contributed by atoms with Crippen molar-refractivity contribution in [3.05, 3.63) is 11.7 Å². The van der Waals surface area contributed by atoms with Gasteiger partial charge in [-0.25, -0.2) is 0 Å². The largest absolute Gasteiger partial charge is 0.382 e. The van der Waals surface area contributed by atoms with Gasteiger partial charge in [0.2, 0.25) is 5.89 Å². The van der Waals surface area contributed by atoms with Gasteiger partial charge >= 0.3 is 0 Å². The molecule has 0 aliphatic carbocycles. The van der Waals surface area contributed by atoms with Crippen LogP contribution in [0.2, 0.25) is 0 Å². The summed E-state index contributed by atoms with van der Waals surface area (Å²) in [5.74, 6) is 1.07. The summed E-state index contributed by atoms with van der Waals surface area (Å²) in [4.78, 5) is 4.11. The average molecular weight is 235 g/mol. The van der Waals surface area contributed by atoms with Crippen LogP contribution in [0.5, 0.6) is 0 Å². The summed E-state index contributed by atoms with van der Waals surface area (Å²) in [6.45, 7) is 3.51. The number of halogens is 1. The van der Waals surface area contributed by atoms with Crippen LogP contribution in [0, 0.1) is 0 Å². The highest BCUT2D eigenvalue weighted by Crippen LogP contribution is 2.16.